The summed E-state index contributed by atoms with van der Waals surface area (Å²) >= 11 is -1.16. The van der Waals surface area contributed by atoms with Gasteiger partial charge >= 0.3 is 0 Å². The fraction of sp³-hybridized carbons (Fsp3) is 0.941. The second-order valence-corrected chi connectivity index (χ2v) is 10.1. The predicted octanol–water partition coefficient (Wildman–Crippen LogP) is 3.62. The molecule has 22 heavy (non-hydrogen) atoms. The van der Waals surface area contributed by atoms with Crippen LogP contribution in [-0.4, -0.2) is 34.5 Å². The van der Waals surface area contributed by atoms with Crippen LogP contribution in [0.2, 0.25) is 0 Å². The summed E-state index contributed by atoms with van der Waals surface area (Å²) in [7, 11) is 0. The molecule has 3 rings (SSSR count). The molecule has 1 unspecified atom stereocenters. The molecule has 0 aromatic carbocycles. The molecule has 3 fully saturated rings. The highest BCUT2D eigenvalue weighted by Gasteiger charge is 2.47. The maximum atomic E-state index is 12.3. The second kappa shape index (κ2) is 6.08. The van der Waals surface area contributed by atoms with Gasteiger partial charge in [0, 0.05) is 18.3 Å². The Hall–Kier alpha value is -0.100. The maximum Gasteiger partial charge on any atom is 0.168 e. The van der Waals surface area contributed by atoms with E-state index in [1.165, 1.54) is 19.3 Å². The van der Waals surface area contributed by atoms with E-state index in [4.69, 9.17) is 9.47 Å². The van der Waals surface area contributed by atoms with E-state index in [1.807, 2.05) is 27.0 Å². The second-order valence-electron chi connectivity index (χ2n) is 8.21. The number of hydrogen-bond donors (Lipinski definition) is 0. The average Bonchev–Trinajstić information content (AvgIpc) is 3.16. The van der Waals surface area contributed by atoms with Gasteiger partial charge in [-0.2, -0.15) is 0 Å². The van der Waals surface area contributed by atoms with Gasteiger partial charge in [0.05, 0.1) is 19.4 Å². The molecule has 3 aliphatic rings. The summed E-state index contributed by atoms with van der Waals surface area (Å²) in [5, 5.41) is 0. The van der Waals surface area contributed by atoms with Gasteiger partial charge in [0.2, 0.25) is 0 Å². The number of ether oxygens (including phenoxy) is 2. The Balaban J connectivity index is 1.68. The first kappa shape index (κ1) is 16.7. The van der Waals surface area contributed by atoms with Crippen LogP contribution in [0.5, 0.6) is 0 Å². The molecule has 1 spiro atoms. The van der Waals surface area contributed by atoms with Crippen molar-refractivity contribution in [3.63, 3.8) is 0 Å². The molecule has 0 N–H and O–H groups in total. The molecule has 0 aromatic heterocycles. The monoisotopic (exact) mass is 327 g/mol. The molecule has 1 heterocycles. The highest BCUT2D eigenvalue weighted by Crippen LogP contribution is 2.50. The Morgan fingerprint density at radius 3 is 2.23 bits per heavy atom. The van der Waals surface area contributed by atoms with E-state index in [0.717, 1.165) is 44.8 Å². The maximum absolute atomic E-state index is 12.3. The predicted molar refractivity (Wildman–Crippen MR) is 89.3 cm³/mol. The summed E-state index contributed by atoms with van der Waals surface area (Å²) < 4.78 is 28.1. The highest BCUT2D eigenvalue weighted by atomic mass is 32.2. The lowest BCUT2D eigenvalue weighted by molar-refractivity contribution is -0.186. The van der Waals surface area contributed by atoms with Gasteiger partial charge in [0.1, 0.15) is 16.1 Å². The Morgan fingerprint density at radius 1 is 1.14 bits per heavy atom. The number of hydrogen-bond acceptors (Lipinski definition) is 4. The Morgan fingerprint density at radius 2 is 1.73 bits per heavy atom. The zero-order chi connectivity index (χ0) is 15.8. The van der Waals surface area contributed by atoms with E-state index in [2.05, 4.69) is 4.40 Å². The molecule has 0 aromatic rings. The van der Waals surface area contributed by atoms with Gasteiger partial charge in [0.15, 0.2) is 5.79 Å². The Labute approximate surface area is 137 Å². The summed E-state index contributed by atoms with van der Waals surface area (Å²) in [4.78, 5) is 0. The van der Waals surface area contributed by atoms with Crippen LogP contribution in [0.1, 0.15) is 65.7 Å². The fourth-order valence-corrected chi connectivity index (χ4v) is 4.15. The van der Waals surface area contributed by atoms with Gasteiger partial charge in [-0.1, -0.05) is 17.2 Å². The average molecular weight is 327 g/mol. The van der Waals surface area contributed by atoms with Crippen LogP contribution in [0.3, 0.4) is 0 Å². The SMILES string of the molecule is CC(C)(C)[S+]([O-])/N=C/C1(CC2CC2)CCC2(CC1)OCCO2. The standard InChI is InChI=1S/C17H29NO3S/c1-15(2,3)22(19)18-13-16(12-14-4-5-14)6-8-17(9-7-16)20-10-11-21-17/h13-14H,4-12H2,1-3H3/b18-13+. The lowest BCUT2D eigenvalue weighted by Gasteiger charge is -2.41. The molecule has 2 aliphatic carbocycles. The summed E-state index contributed by atoms with van der Waals surface area (Å²) in [6.07, 6.45) is 9.86. The quantitative estimate of drug-likeness (QED) is 0.585. The zero-order valence-electron chi connectivity index (χ0n) is 14.1. The van der Waals surface area contributed by atoms with Crippen molar-refractivity contribution < 1.29 is 14.0 Å². The van der Waals surface area contributed by atoms with Gasteiger partial charge in [-0.15, -0.1) is 0 Å². The van der Waals surface area contributed by atoms with Crippen molar-refractivity contribution in [3.05, 3.63) is 0 Å². The molecule has 1 aliphatic heterocycles. The molecule has 5 heteroatoms. The van der Waals surface area contributed by atoms with Crippen LogP contribution in [0.25, 0.3) is 0 Å². The Kier molecular flexibility index (Phi) is 4.63. The van der Waals surface area contributed by atoms with Crippen LogP contribution in [0.4, 0.5) is 0 Å². The molecule has 126 valence electrons. The molecular formula is C17H29NO3S. The minimum Gasteiger partial charge on any atom is -0.591 e. The summed E-state index contributed by atoms with van der Waals surface area (Å²) in [5.74, 6) is 0.512. The van der Waals surface area contributed by atoms with Crippen LogP contribution >= 0.6 is 0 Å². The summed E-state index contributed by atoms with van der Waals surface area (Å²) in [6, 6.07) is 0. The van der Waals surface area contributed by atoms with E-state index >= 15 is 0 Å². The normalized spacial score (nSPS) is 29.3. The van der Waals surface area contributed by atoms with Crippen LogP contribution in [0.15, 0.2) is 4.40 Å². The topological polar surface area (TPSA) is 53.9 Å². The van der Waals surface area contributed by atoms with Gasteiger partial charge in [0.25, 0.3) is 0 Å². The lowest BCUT2D eigenvalue weighted by atomic mass is 9.69. The first-order chi connectivity index (χ1) is 10.3. The lowest BCUT2D eigenvalue weighted by Crippen LogP contribution is -2.41. The van der Waals surface area contributed by atoms with E-state index in [9.17, 15) is 4.55 Å². The zero-order valence-corrected chi connectivity index (χ0v) is 14.9. The number of nitrogens with zero attached hydrogens (tertiary/aromatic N) is 1. The van der Waals surface area contributed by atoms with Crippen molar-refractivity contribution in [3.8, 4) is 0 Å². The van der Waals surface area contributed by atoms with Crippen molar-refractivity contribution in [2.75, 3.05) is 13.2 Å². The van der Waals surface area contributed by atoms with E-state index in [0.29, 0.717) is 0 Å². The number of rotatable bonds is 4. The third-order valence-corrected chi connectivity index (χ3v) is 6.50. The fourth-order valence-electron chi connectivity index (χ4n) is 3.52. The molecule has 2 saturated carbocycles. The first-order valence-corrected chi connectivity index (χ1v) is 9.69. The van der Waals surface area contributed by atoms with Gasteiger partial charge in [-0.25, -0.2) is 0 Å². The van der Waals surface area contributed by atoms with Crippen molar-refractivity contribution in [1.82, 2.24) is 0 Å². The van der Waals surface area contributed by atoms with Crippen molar-refractivity contribution >= 4 is 17.6 Å². The van der Waals surface area contributed by atoms with Gasteiger partial charge < -0.3 is 14.0 Å². The summed E-state index contributed by atoms with van der Waals surface area (Å²) in [6.45, 7) is 7.37. The molecule has 0 amide bonds. The minimum absolute atomic E-state index is 0.0998. The molecule has 4 nitrogen and oxygen atoms in total. The van der Waals surface area contributed by atoms with Crippen molar-refractivity contribution in [2.24, 2.45) is 15.7 Å². The molecular weight excluding hydrogens is 298 g/mol. The van der Waals surface area contributed by atoms with Crippen molar-refractivity contribution in [1.29, 1.82) is 0 Å². The van der Waals surface area contributed by atoms with Crippen LogP contribution < -0.4 is 0 Å². The van der Waals surface area contributed by atoms with Crippen LogP contribution in [0, 0.1) is 11.3 Å². The van der Waals surface area contributed by atoms with Crippen LogP contribution in [-0.2, 0) is 20.8 Å². The van der Waals surface area contributed by atoms with Gasteiger partial charge in [-0.05, 0) is 46.0 Å². The minimum atomic E-state index is -1.16. The summed E-state index contributed by atoms with van der Waals surface area (Å²) in [5.41, 5.74) is 0.0998. The first-order valence-electron chi connectivity index (χ1n) is 8.58. The molecule has 0 radical (unpaired) electrons. The van der Waals surface area contributed by atoms with Gasteiger partial charge in [-0.3, -0.25) is 0 Å². The smallest absolute Gasteiger partial charge is 0.168 e. The molecule has 0 bridgehead atoms. The van der Waals surface area contributed by atoms with E-state index in [1.54, 1.807) is 0 Å². The van der Waals surface area contributed by atoms with Crippen molar-refractivity contribution in [2.45, 2.75) is 76.3 Å². The van der Waals surface area contributed by atoms with E-state index < -0.39 is 11.4 Å². The van der Waals surface area contributed by atoms with E-state index in [-0.39, 0.29) is 15.9 Å². The molecule has 1 saturated heterocycles. The highest BCUT2D eigenvalue weighted by molar-refractivity contribution is 7.91. The largest absolute Gasteiger partial charge is 0.591 e. The molecule has 1 atom stereocenters. The third-order valence-electron chi connectivity index (χ3n) is 5.16. The Bertz CT molecular complexity index is 412. The third kappa shape index (κ3) is 3.86.